The molecule has 0 spiro atoms. The zero-order valence-electron chi connectivity index (χ0n) is 11.2. The van der Waals surface area contributed by atoms with E-state index in [1.807, 2.05) is 38.1 Å². The van der Waals surface area contributed by atoms with Crippen LogP contribution in [0.25, 0.3) is 0 Å². The van der Waals surface area contributed by atoms with Crippen molar-refractivity contribution in [3.63, 3.8) is 0 Å². The van der Waals surface area contributed by atoms with Crippen molar-refractivity contribution in [2.75, 3.05) is 6.54 Å². The van der Waals surface area contributed by atoms with E-state index < -0.39 is 5.54 Å². The van der Waals surface area contributed by atoms with Gasteiger partial charge in [-0.1, -0.05) is 37.1 Å². The highest BCUT2D eigenvalue weighted by atomic mass is 35.5. The monoisotopic (exact) mass is 268 g/mol. The number of hydrogen-bond acceptors (Lipinski definition) is 1. The Bertz CT molecular complexity index is 387. The van der Waals surface area contributed by atoms with Gasteiger partial charge >= 0.3 is 6.03 Å². The molecule has 0 fully saturated rings. The van der Waals surface area contributed by atoms with E-state index in [1.165, 1.54) is 0 Å². The molecular formula is C14H21ClN2O. The number of amides is 2. The normalized spacial score (nSPS) is 11.1. The van der Waals surface area contributed by atoms with Crippen molar-refractivity contribution in [1.29, 1.82) is 0 Å². The quantitative estimate of drug-likeness (QED) is 0.786. The molecule has 2 N–H and O–H groups in total. The van der Waals surface area contributed by atoms with Gasteiger partial charge in [-0.2, -0.15) is 0 Å². The van der Waals surface area contributed by atoms with Gasteiger partial charge in [0.05, 0.1) is 5.54 Å². The Morgan fingerprint density at radius 3 is 2.44 bits per heavy atom. The number of rotatable bonds is 5. The average Bonchev–Trinajstić information content (AvgIpc) is 2.29. The molecule has 0 atom stereocenters. The predicted octanol–water partition coefficient (Wildman–Crippen LogP) is 3.67. The molecule has 1 aromatic carbocycles. The highest BCUT2D eigenvalue weighted by molar-refractivity contribution is 6.30. The Morgan fingerprint density at radius 2 is 1.89 bits per heavy atom. The molecule has 0 aromatic heterocycles. The van der Waals surface area contributed by atoms with Crippen molar-refractivity contribution in [3.05, 3.63) is 34.9 Å². The van der Waals surface area contributed by atoms with Gasteiger partial charge in [0.2, 0.25) is 0 Å². The van der Waals surface area contributed by atoms with E-state index in [2.05, 4.69) is 17.6 Å². The highest BCUT2D eigenvalue weighted by Crippen LogP contribution is 2.21. The van der Waals surface area contributed by atoms with Crippen LogP contribution in [0.5, 0.6) is 0 Å². The summed E-state index contributed by atoms with van der Waals surface area (Å²) in [6, 6.07) is 7.37. The van der Waals surface area contributed by atoms with Gasteiger partial charge in [-0.15, -0.1) is 0 Å². The van der Waals surface area contributed by atoms with Gasteiger partial charge in [-0.25, -0.2) is 4.79 Å². The standard InChI is InChI=1S/C14H21ClN2O/c1-4-5-10-16-13(18)17-14(2,3)11-6-8-12(15)9-7-11/h6-9H,4-5,10H2,1-3H3,(H2,16,17,18). The van der Waals surface area contributed by atoms with Crippen LogP contribution in [-0.4, -0.2) is 12.6 Å². The second kappa shape index (κ2) is 6.64. The maximum absolute atomic E-state index is 11.7. The Balaban J connectivity index is 2.58. The summed E-state index contributed by atoms with van der Waals surface area (Å²) >= 11 is 5.85. The fourth-order valence-corrected chi connectivity index (χ4v) is 1.77. The number of unbranched alkanes of at least 4 members (excludes halogenated alkanes) is 1. The summed E-state index contributed by atoms with van der Waals surface area (Å²) in [5, 5.41) is 6.50. The third kappa shape index (κ3) is 4.57. The molecule has 4 heteroatoms. The molecule has 0 aliphatic rings. The minimum Gasteiger partial charge on any atom is -0.338 e. The molecule has 1 rings (SSSR count). The van der Waals surface area contributed by atoms with E-state index in [-0.39, 0.29) is 6.03 Å². The SMILES string of the molecule is CCCCNC(=O)NC(C)(C)c1ccc(Cl)cc1. The molecule has 2 amide bonds. The number of halogens is 1. The van der Waals surface area contributed by atoms with Crippen molar-refractivity contribution in [2.45, 2.75) is 39.2 Å². The predicted molar refractivity (Wildman–Crippen MR) is 75.9 cm³/mol. The van der Waals surface area contributed by atoms with Gasteiger partial charge in [0.1, 0.15) is 0 Å². The lowest BCUT2D eigenvalue weighted by Crippen LogP contribution is -2.46. The molecule has 0 bridgehead atoms. The van der Waals surface area contributed by atoms with Crippen LogP contribution in [0.4, 0.5) is 4.79 Å². The Morgan fingerprint density at radius 1 is 1.28 bits per heavy atom. The van der Waals surface area contributed by atoms with Crippen LogP contribution in [0.3, 0.4) is 0 Å². The molecule has 0 saturated heterocycles. The van der Waals surface area contributed by atoms with Crippen molar-refractivity contribution < 1.29 is 4.79 Å². The van der Waals surface area contributed by atoms with E-state index in [4.69, 9.17) is 11.6 Å². The van der Waals surface area contributed by atoms with Crippen LogP contribution in [0, 0.1) is 0 Å². The van der Waals surface area contributed by atoms with Gasteiger partial charge in [0.15, 0.2) is 0 Å². The van der Waals surface area contributed by atoms with Crippen LogP contribution in [0.2, 0.25) is 5.02 Å². The topological polar surface area (TPSA) is 41.1 Å². The molecule has 1 aromatic rings. The molecule has 0 aliphatic carbocycles. The summed E-state index contributed by atoms with van der Waals surface area (Å²) in [6.45, 7) is 6.74. The molecule has 0 aliphatic heterocycles. The van der Waals surface area contributed by atoms with E-state index in [9.17, 15) is 4.79 Å². The molecule has 3 nitrogen and oxygen atoms in total. The zero-order chi connectivity index (χ0) is 13.6. The molecule has 0 unspecified atom stereocenters. The average molecular weight is 269 g/mol. The Kier molecular flexibility index (Phi) is 5.48. The number of carbonyl (C=O) groups is 1. The Hall–Kier alpha value is -1.22. The summed E-state index contributed by atoms with van der Waals surface area (Å²) in [7, 11) is 0. The van der Waals surface area contributed by atoms with Crippen molar-refractivity contribution >= 4 is 17.6 Å². The molecule has 18 heavy (non-hydrogen) atoms. The number of benzene rings is 1. The van der Waals surface area contributed by atoms with Crippen LogP contribution in [0.15, 0.2) is 24.3 Å². The van der Waals surface area contributed by atoms with Crippen molar-refractivity contribution in [1.82, 2.24) is 10.6 Å². The van der Waals surface area contributed by atoms with Crippen LogP contribution in [0.1, 0.15) is 39.2 Å². The lowest BCUT2D eigenvalue weighted by atomic mass is 9.94. The lowest BCUT2D eigenvalue weighted by molar-refractivity contribution is 0.230. The fraction of sp³-hybridized carbons (Fsp3) is 0.500. The second-order valence-electron chi connectivity index (χ2n) is 4.87. The van der Waals surface area contributed by atoms with Gasteiger partial charge in [-0.3, -0.25) is 0 Å². The third-order valence-electron chi connectivity index (χ3n) is 2.81. The van der Waals surface area contributed by atoms with E-state index in [0.29, 0.717) is 11.6 Å². The number of hydrogen-bond donors (Lipinski definition) is 2. The first-order valence-corrected chi connectivity index (χ1v) is 6.65. The summed E-state index contributed by atoms with van der Waals surface area (Å²) in [5.74, 6) is 0. The van der Waals surface area contributed by atoms with Crippen LogP contribution >= 0.6 is 11.6 Å². The summed E-state index contributed by atoms with van der Waals surface area (Å²) in [6.07, 6.45) is 2.07. The van der Waals surface area contributed by atoms with E-state index in [0.717, 1.165) is 18.4 Å². The minimum absolute atomic E-state index is 0.136. The second-order valence-corrected chi connectivity index (χ2v) is 5.30. The fourth-order valence-electron chi connectivity index (χ4n) is 1.65. The summed E-state index contributed by atoms with van der Waals surface area (Å²) in [4.78, 5) is 11.7. The van der Waals surface area contributed by atoms with E-state index in [1.54, 1.807) is 0 Å². The Labute approximate surface area is 114 Å². The third-order valence-corrected chi connectivity index (χ3v) is 3.06. The van der Waals surface area contributed by atoms with Gasteiger partial charge in [0, 0.05) is 11.6 Å². The van der Waals surface area contributed by atoms with Gasteiger partial charge in [-0.05, 0) is 38.0 Å². The molecular weight excluding hydrogens is 248 g/mol. The minimum atomic E-state index is -0.416. The number of carbonyl (C=O) groups excluding carboxylic acids is 1. The zero-order valence-corrected chi connectivity index (χ0v) is 12.0. The summed E-state index contributed by atoms with van der Waals surface area (Å²) < 4.78 is 0. The molecule has 100 valence electrons. The summed E-state index contributed by atoms with van der Waals surface area (Å²) in [5.41, 5.74) is 0.610. The number of nitrogens with one attached hydrogen (secondary N) is 2. The maximum atomic E-state index is 11.7. The first-order valence-electron chi connectivity index (χ1n) is 6.28. The van der Waals surface area contributed by atoms with Crippen molar-refractivity contribution in [3.8, 4) is 0 Å². The first-order chi connectivity index (χ1) is 8.45. The largest absolute Gasteiger partial charge is 0.338 e. The first kappa shape index (κ1) is 14.8. The van der Waals surface area contributed by atoms with E-state index >= 15 is 0 Å². The van der Waals surface area contributed by atoms with Crippen molar-refractivity contribution in [2.24, 2.45) is 0 Å². The molecule has 0 radical (unpaired) electrons. The number of urea groups is 1. The van der Waals surface area contributed by atoms with Crippen LogP contribution < -0.4 is 10.6 Å². The van der Waals surface area contributed by atoms with Gasteiger partial charge < -0.3 is 10.6 Å². The highest BCUT2D eigenvalue weighted by Gasteiger charge is 2.22. The smallest absolute Gasteiger partial charge is 0.315 e. The molecule has 0 heterocycles. The lowest BCUT2D eigenvalue weighted by Gasteiger charge is -2.27. The molecule has 0 saturated carbocycles. The van der Waals surface area contributed by atoms with Gasteiger partial charge in [0.25, 0.3) is 0 Å². The van der Waals surface area contributed by atoms with Crippen LogP contribution in [-0.2, 0) is 5.54 Å². The maximum Gasteiger partial charge on any atom is 0.315 e.